The number of ether oxygens (including phenoxy) is 1. The molecule has 2 aromatic rings. The summed E-state index contributed by atoms with van der Waals surface area (Å²) in [5, 5.41) is 5.81. The average molecular weight is 445 g/mol. The fourth-order valence-corrected chi connectivity index (χ4v) is 3.69. The van der Waals surface area contributed by atoms with Crippen molar-refractivity contribution < 1.29 is 22.7 Å². The monoisotopic (exact) mass is 444 g/mol. The van der Waals surface area contributed by atoms with Crippen molar-refractivity contribution in [3.8, 4) is 5.75 Å². The summed E-state index contributed by atoms with van der Waals surface area (Å²) in [5.74, 6) is 0.184. The van der Waals surface area contributed by atoms with Crippen LogP contribution in [0.4, 0.5) is 0 Å². The van der Waals surface area contributed by atoms with Crippen LogP contribution in [0.2, 0.25) is 0 Å². The van der Waals surface area contributed by atoms with Crippen molar-refractivity contribution in [3.05, 3.63) is 60.2 Å². The van der Waals surface area contributed by atoms with E-state index >= 15 is 0 Å². The molecule has 2 N–H and O–H groups in total. The predicted molar refractivity (Wildman–Crippen MR) is 118 cm³/mol. The molecule has 1 unspecified atom stereocenters. The highest BCUT2D eigenvalue weighted by atomic mass is 32.2. The minimum atomic E-state index is -3.24. The van der Waals surface area contributed by atoms with E-state index in [2.05, 4.69) is 10.6 Å². The number of carbonyl (C=O) groups is 2. The zero-order valence-corrected chi connectivity index (χ0v) is 18.4. The highest BCUT2D eigenvalue weighted by molar-refractivity contribution is 7.90. The fraction of sp³-hybridized carbons (Fsp3) is 0.391. The molecule has 0 bridgehead atoms. The van der Waals surface area contributed by atoms with Gasteiger partial charge in [0.1, 0.15) is 11.8 Å². The van der Waals surface area contributed by atoms with Crippen LogP contribution < -0.4 is 15.4 Å². The van der Waals surface area contributed by atoms with Crippen LogP contribution >= 0.6 is 0 Å². The van der Waals surface area contributed by atoms with Gasteiger partial charge in [0.25, 0.3) is 0 Å². The molecular weight excluding hydrogens is 416 g/mol. The summed E-state index contributed by atoms with van der Waals surface area (Å²) in [4.78, 5) is 25.2. The Morgan fingerprint density at radius 1 is 1.06 bits per heavy atom. The van der Waals surface area contributed by atoms with Crippen LogP contribution in [0, 0.1) is 0 Å². The molecule has 0 spiro atoms. The summed E-state index contributed by atoms with van der Waals surface area (Å²) in [7, 11) is -3.24. The van der Waals surface area contributed by atoms with Crippen LogP contribution in [0.1, 0.15) is 31.2 Å². The smallest absolute Gasteiger partial charge is 0.243 e. The lowest BCUT2D eigenvalue weighted by Gasteiger charge is -2.18. The Morgan fingerprint density at radius 3 is 2.35 bits per heavy atom. The van der Waals surface area contributed by atoms with Crippen LogP contribution in [0.5, 0.6) is 5.75 Å². The number of rotatable bonds is 11. The first-order valence-electron chi connectivity index (χ1n) is 10.4. The van der Waals surface area contributed by atoms with Gasteiger partial charge >= 0.3 is 0 Å². The van der Waals surface area contributed by atoms with Crippen LogP contribution in [0.15, 0.2) is 59.5 Å². The molecule has 1 aliphatic rings. The van der Waals surface area contributed by atoms with Gasteiger partial charge in [0.15, 0.2) is 9.84 Å². The largest absolute Gasteiger partial charge is 0.494 e. The Balaban J connectivity index is 1.45. The molecule has 7 nitrogen and oxygen atoms in total. The molecule has 1 atom stereocenters. The van der Waals surface area contributed by atoms with E-state index in [-0.39, 0.29) is 29.2 Å². The summed E-state index contributed by atoms with van der Waals surface area (Å²) in [6.45, 7) is 0.309. The van der Waals surface area contributed by atoms with E-state index in [4.69, 9.17) is 4.74 Å². The van der Waals surface area contributed by atoms with Crippen LogP contribution in [0.25, 0.3) is 0 Å². The van der Waals surface area contributed by atoms with Crippen molar-refractivity contribution in [1.82, 2.24) is 10.6 Å². The molecule has 2 aromatic carbocycles. The third kappa shape index (κ3) is 7.71. The summed E-state index contributed by atoms with van der Waals surface area (Å²) >= 11 is 0. The number of benzene rings is 2. The van der Waals surface area contributed by atoms with Crippen molar-refractivity contribution in [1.29, 1.82) is 0 Å². The molecule has 31 heavy (non-hydrogen) atoms. The molecule has 1 fully saturated rings. The number of nitrogens with one attached hydrogen (secondary N) is 2. The van der Waals surface area contributed by atoms with Gasteiger partial charge < -0.3 is 15.4 Å². The highest BCUT2D eigenvalue weighted by Gasteiger charge is 2.28. The fourth-order valence-electron chi connectivity index (χ4n) is 3.06. The molecule has 8 heteroatoms. The molecule has 0 aliphatic heterocycles. The molecule has 166 valence electrons. The first-order valence-corrected chi connectivity index (χ1v) is 12.3. The summed E-state index contributed by atoms with van der Waals surface area (Å²) < 4.78 is 28.5. The molecule has 1 saturated carbocycles. The van der Waals surface area contributed by atoms with Crippen LogP contribution in [-0.2, 0) is 25.8 Å². The van der Waals surface area contributed by atoms with Gasteiger partial charge in [0, 0.05) is 25.1 Å². The maximum absolute atomic E-state index is 12.6. The Kier molecular flexibility index (Phi) is 7.68. The zero-order valence-electron chi connectivity index (χ0n) is 17.5. The first kappa shape index (κ1) is 22.8. The second-order valence-corrected chi connectivity index (χ2v) is 9.80. The molecule has 0 heterocycles. The van der Waals surface area contributed by atoms with Gasteiger partial charge in [-0.05, 0) is 49.1 Å². The van der Waals surface area contributed by atoms with E-state index in [1.54, 1.807) is 12.1 Å². The summed E-state index contributed by atoms with van der Waals surface area (Å²) in [6.07, 6.45) is 4.26. The minimum absolute atomic E-state index is 0.151. The normalized spacial score (nSPS) is 14.5. The molecule has 0 saturated heterocycles. The third-order valence-corrected chi connectivity index (χ3v) is 6.06. The maximum Gasteiger partial charge on any atom is 0.243 e. The SMILES string of the molecule is CS(=O)(=O)c1ccc(OCCCC(=O)NC(Cc2ccccc2)C(=O)NC2CC2)cc1. The number of sulfone groups is 1. The van der Waals surface area contributed by atoms with Crippen molar-refractivity contribution in [2.45, 2.75) is 49.1 Å². The van der Waals surface area contributed by atoms with E-state index in [1.807, 2.05) is 30.3 Å². The van der Waals surface area contributed by atoms with E-state index in [0.717, 1.165) is 24.7 Å². The van der Waals surface area contributed by atoms with E-state index in [1.165, 1.54) is 12.1 Å². The quantitative estimate of drug-likeness (QED) is 0.518. The third-order valence-electron chi connectivity index (χ3n) is 4.93. The lowest BCUT2D eigenvalue weighted by Crippen LogP contribution is -2.48. The molecule has 3 rings (SSSR count). The number of hydrogen-bond acceptors (Lipinski definition) is 5. The van der Waals surface area contributed by atoms with Crippen LogP contribution in [0.3, 0.4) is 0 Å². The molecule has 1 aliphatic carbocycles. The van der Waals surface area contributed by atoms with Gasteiger partial charge in [-0.1, -0.05) is 30.3 Å². The topological polar surface area (TPSA) is 102 Å². The van der Waals surface area contributed by atoms with Crippen molar-refractivity contribution in [3.63, 3.8) is 0 Å². The van der Waals surface area contributed by atoms with E-state index in [9.17, 15) is 18.0 Å². The second kappa shape index (κ2) is 10.4. The van der Waals surface area contributed by atoms with Gasteiger partial charge in [-0.2, -0.15) is 0 Å². The highest BCUT2D eigenvalue weighted by Crippen LogP contribution is 2.19. The number of amides is 2. The molecular formula is C23H28N2O5S. The van der Waals surface area contributed by atoms with Crippen molar-refractivity contribution in [2.75, 3.05) is 12.9 Å². The minimum Gasteiger partial charge on any atom is -0.494 e. The predicted octanol–water partition coefficient (Wildman–Crippen LogP) is 2.26. The molecule has 2 amide bonds. The number of hydrogen-bond donors (Lipinski definition) is 2. The molecule has 0 aromatic heterocycles. The second-order valence-electron chi connectivity index (χ2n) is 7.79. The van der Waals surface area contributed by atoms with Crippen molar-refractivity contribution in [2.24, 2.45) is 0 Å². The van der Waals surface area contributed by atoms with E-state index in [0.29, 0.717) is 25.2 Å². The first-order chi connectivity index (χ1) is 14.8. The van der Waals surface area contributed by atoms with E-state index < -0.39 is 15.9 Å². The lowest BCUT2D eigenvalue weighted by molar-refractivity contribution is -0.129. The van der Waals surface area contributed by atoms with Crippen LogP contribution in [-0.4, -0.2) is 45.2 Å². The lowest BCUT2D eigenvalue weighted by atomic mass is 10.0. The Labute approximate surface area is 183 Å². The Morgan fingerprint density at radius 2 is 1.74 bits per heavy atom. The van der Waals surface area contributed by atoms with Gasteiger partial charge in [-0.25, -0.2) is 8.42 Å². The maximum atomic E-state index is 12.6. The van der Waals surface area contributed by atoms with Gasteiger partial charge in [0.05, 0.1) is 11.5 Å². The average Bonchev–Trinajstić information content (AvgIpc) is 3.55. The van der Waals surface area contributed by atoms with Gasteiger partial charge in [0.2, 0.25) is 11.8 Å². The van der Waals surface area contributed by atoms with Gasteiger partial charge in [-0.15, -0.1) is 0 Å². The molecule has 0 radical (unpaired) electrons. The zero-order chi connectivity index (χ0) is 22.3. The summed E-state index contributed by atoms with van der Waals surface area (Å²) in [5.41, 5.74) is 0.986. The Bertz CT molecular complexity index is 986. The Hall–Kier alpha value is -2.87. The standard InChI is InChI=1S/C23H28N2O5S/c1-31(28,29)20-13-11-19(12-14-20)30-15-5-8-22(26)25-21(23(27)24-18-9-10-18)16-17-6-3-2-4-7-17/h2-4,6-7,11-14,18,21H,5,8-10,15-16H2,1H3,(H,24,27)(H,25,26). The number of carbonyl (C=O) groups excluding carboxylic acids is 2. The summed E-state index contributed by atoms with van der Waals surface area (Å²) in [6, 6.07) is 15.4. The van der Waals surface area contributed by atoms with Crippen molar-refractivity contribution >= 4 is 21.7 Å². The van der Waals surface area contributed by atoms with Gasteiger partial charge in [-0.3, -0.25) is 9.59 Å².